The lowest BCUT2D eigenvalue weighted by Crippen LogP contribution is -2.23. The van der Waals surface area contributed by atoms with E-state index in [-0.39, 0.29) is 18.2 Å². The van der Waals surface area contributed by atoms with Crippen molar-refractivity contribution in [2.45, 2.75) is 64.3 Å². The second-order valence-electron chi connectivity index (χ2n) is 9.29. The van der Waals surface area contributed by atoms with Crippen LogP contribution >= 0.6 is 23.2 Å². The monoisotopic (exact) mass is 551 g/mol. The molecule has 0 spiro atoms. The van der Waals surface area contributed by atoms with Crippen molar-refractivity contribution in [2.24, 2.45) is 11.7 Å². The van der Waals surface area contributed by atoms with Crippen LogP contribution in [0.4, 0.5) is 0 Å². The van der Waals surface area contributed by atoms with Gasteiger partial charge >= 0.3 is 5.97 Å². The predicted octanol–water partition coefficient (Wildman–Crippen LogP) is 5.54. The van der Waals surface area contributed by atoms with Crippen molar-refractivity contribution in [3.8, 4) is 5.75 Å². The number of nitrogens with two attached hydrogens (primary N) is 1. The van der Waals surface area contributed by atoms with E-state index in [4.69, 9.17) is 28.9 Å². The Labute approximate surface area is 229 Å². The first-order valence-corrected chi connectivity index (χ1v) is 13.7. The molecule has 0 saturated carbocycles. The van der Waals surface area contributed by atoms with Crippen LogP contribution in [-0.4, -0.2) is 41.7 Å². The summed E-state index contributed by atoms with van der Waals surface area (Å²) in [5.41, 5.74) is 7.22. The largest absolute Gasteiger partial charge is 0.508 e. The van der Waals surface area contributed by atoms with Crippen molar-refractivity contribution in [3.63, 3.8) is 0 Å². The highest BCUT2D eigenvalue weighted by Crippen LogP contribution is 2.30. The highest BCUT2D eigenvalue weighted by Gasteiger charge is 2.19. The third-order valence-electron chi connectivity index (χ3n) is 6.32. The van der Waals surface area contributed by atoms with Crippen LogP contribution in [0.2, 0.25) is 10.0 Å². The molecule has 0 aliphatic carbocycles. The molecule has 0 fully saturated rings. The summed E-state index contributed by atoms with van der Waals surface area (Å²) in [5, 5.41) is 26.1. The van der Waals surface area contributed by atoms with Gasteiger partial charge in [0.2, 0.25) is 0 Å². The Balaban J connectivity index is 1.78. The molecule has 2 rings (SSSR count). The van der Waals surface area contributed by atoms with Gasteiger partial charge in [0.25, 0.3) is 5.91 Å². The molecule has 2 aromatic rings. The van der Waals surface area contributed by atoms with Crippen molar-refractivity contribution >= 4 is 35.1 Å². The average Bonchev–Trinajstić information content (AvgIpc) is 2.86. The normalized spacial score (nSPS) is 11.9. The molecule has 0 unspecified atom stereocenters. The minimum atomic E-state index is -0.817. The van der Waals surface area contributed by atoms with E-state index in [9.17, 15) is 19.8 Å². The van der Waals surface area contributed by atoms with E-state index in [2.05, 4.69) is 10.6 Å². The molecule has 204 valence electrons. The number of carboxylic acid groups (broad SMARTS) is 1. The van der Waals surface area contributed by atoms with Crippen molar-refractivity contribution in [1.82, 2.24) is 10.6 Å². The maximum atomic E-state index is 12.6. The van der Waals surface area contributed by atoms with Crippen LogP contribution in [0.25, 0.3) is 0 Å². The molecule has 9 heteroatoms. The van der Waals surface area contributed by atoms with Crippen molar-refractivity contribution < 1.29 is 19.8 Å². The number of aliphatic carboxylic acids is 1. The number of unbranched alkanes of at least 4 members (excludes halogenated alkanes) is 4. The number of carboxylic acids is 1. The third kappa shape index (κ3) is 11.7. The molecule has 2 aromatic carbocycles. The van der Waals surface area contributed by atoms with Gasteiger partial charge in [0.15, 0.2) is 0 Å². The van der Waals surface area contributed by atoms with Gasteiger partial charge in [-0.3, -0.25) is 9.59 Å². The van der Waals surface area contributed by atoms with E-state index < -0.39 is 11.9 Å². The van der Waals surface area contributed by atoms with Gasteiger partial charge in [-0.05, 0) is 93.6 Å². The molecule has 7 nitrogen and oxygen atoms in total. The lowest BCUT2D eigenvalue weighted by Gasteiger charge is -2.15. The Morgan fingerprint density at radius 3 is 2.24 bits per heavy atom. The maximum absolute atomic E-state index is 12.6. The zero-order valence-corrected chi connectivity index (χ0v) is 22.8. The molecular formula is C28H39Cl2N3O4. The Morgan fingerprint density at radius 1 is 0.919 bits per heavy atom. The summed E-state index contributed by atoms with van der Waals surface area (Å²) in [7, 11) is 0. The van der Waals surface area contributed by atoms with Gasteiger partial charge in [0, 0.05) is 22.2 Å². The Kier molecular flexibility index (Phi) is 14.4. The lowest BCUT2D eigenvalue weighted by atomic mass is 9.94. The molecule has 0 aliphatic heterocycles. The van der Waals surface area contributed by atoms with Gasteiger partial charge in [-0.25, -0.2) is 0 Å². The standard InChI is InChI=1S/C28H39Cl2N3O4/c29-25-17-22(27(35)33-19-20-8-7-10-23(34)16-20)18-26(30)24(25)12-11-21(28(36)37)9-3-6-15-32-14-5-2-1-4-13-31/h7-8,10,16-18,21,32,34H,1-6,9,11-15,19,31H2,(H,33,35)(H,36,37)/t21-/m1/s1. The number of aromatic hydroxyl groups is 1. The highest BCUT2D eigenvalue weighted by atomic mass is 35.5. The molecule has 0 aromatic heterocycles. The topological polar surface area (TPSA) is 125 Å². The van der Waals surface area contributed by atoms with Crippen LogP contribution in [0.15, 0.2) is 36.4 Å². The highest BCUT2D eigenvalue weighted by molar-refractivity contribution is 6.36. The zero-order valence-electron chi connectivity index (χ0n) is 21.3. The number of hydrogen-bond acceptors (Lipinski definition) is 5. The number of phenolic OH excluding ortho intramolecular Hbond substituents is 1. The summed E-state index contributed by atoms with van der Waals surface area (Å²) < 4.78 is 0. The predicted molar refractivity (Wildman–Crippen MR) is 149 cm³/mol. The molecule has 1 atom stereocenters. The minimum absolute atomic E-state index is 0.128. The maximum Gasteiger partial charge on any atom is 0.306 e. The van der Waals surface area contributed by atoms with E-state index in [0.717, 1.165) is 50.9 Å². The average molecular weight is 553 g/mol. The number of nitrogens with one attached hydrogen (secondary N) is 2. The summed E-state index contributed by atoms with van der Waals surface area (Å²) >= 11 is 12.9. The van der Waals surface area contributed by atoms with Crippen molar-refractivity contribution in [2.75, 3.05) is 19.6 Å². The number of carbonyl (C=O) groups excluding carboxylic acids is 1. The van der Waals surface area contributed by atoms with Crippen LogP contribution in [0.5, 0.6) is 5.75 Å². The fourth-order valence-electron chi connectivity index (χ4n) is 4.15. The number of carbonyl (C=O) groups is 2. The minimum Gasteiger partial charge on any atom is -0.508 e. The van der Waals surface area contributed by atoms with E-state index in [0.29, 0.717) is 40.4 Å². The second-order valence-corrected chi connectivity index (χ2v) is 10.1. The molecular weight excluding hydrogens is 513 g/mol. The molecule has 37 heavy (non-hydrogen) atoms. The molecule has 0 bridgehead atoms. The summed E-state index contributed by atoms with van der Waals surface area (Å²) in [6.45, 7) is 2.86. The van der Waals surface area contributed by atoms with Gasteiger partial charge in [-0.2, -0.15) is 0 Å². The summed E-state index contributed by atoms with van der Waals surface area (Å²) in [4.78, 5) is 24.3. The molecule has 0 radical (unpaired) electrons. The van der Waals surface area contributed by atoms with Crippen molar-refractivity contribution in [3.05, 3.63) is 63.1 Å². The summed E-state index contributed by atoms with van der Waals surface area (Å²) in [6.07, 6.45) is 7.76. The molecule has 6 N–H and O–H groups in total. The van der Waals surface area contributed by atoms with Gasteiger partial charge < -0.3 is 26.6 Å². The number of amides is 1. The van der Waals surface area contributed by atoms with E-state index in [1.807, 2.05) is 0 Å². The second kappa shape index (κ2) is 17.2. The van der Waals surface area contributed by atoms with Gasteiger partial charge in [-0.1, -0.05) is 54.6 Å². The Hall–Kier alpha value is -2.32. The smallest absolute Gasteiger partial charge is 0.306 e. The summed E-state index contributed by atoms with van der Waals surface area (Å²) in [6, 6.07) is 9.74. The first kappa shape index (κ1) is 30.9. The van der Waals surface area contributed by atoms with E-state index >= 15 is 0 Å². The summed E-state index contributed by atoms with van der Waals surface area (Å²) in [5.74, 6) is -1.51. The fourth-order valence-corrected chi connectivity index (χ4v) is 4.82. The van der Waals surface area contributed by atoms with Crippen LogP contribution < -0.4 is 16.4 Å². The Bertz CT molecular complexity index is 980. The fraction of sp³-hybridized carbons (Fsp3) is 0.500. The lowest BCUT2D eigenvalue weighted by molar-refractivity contribution is -0.142. The van der Waals surface area contributed by atoms with E-state index in [1.54, 1.807) is 36.4 Å². The van der Waals surface area contributed by atoms with Crippen LogP contribution in [0, 0.1) is 5.92 Å². The van der Waals surface area contributed by atoms with Gasteiger partial charge in [0.05, 0.1) is 5.92 Å². The molecule has 1 amide bonds. The SMILES string of the molecule is NCCCCCCNCCCC[C@H](CCc1c(Cl)cc(C(=O)NCc2cccc(O)c2)cc1Cl)C(=O)O. The first-order chi connectivity index (χ1) is 17.8. The number of halogens is 2. The number of phenols is 1. The zero-order chi connectivity index (χ0) is 27.0. The van der Waals surface area contributed by atoms with Crippen LogP contribution in [0.3, 0.4) is 0 Å². The number of hydrogen-bond donors (Lipinski definition) is 5. The van der Waals surface area contributed by atoms with E-state index in [1.165, 1.54) is 12.8 Å². The third-order valence-corrected chi connectivity index (χ3v) is 7.00. The van der Waals surface area contributed by atoms with Crippen molar-refractivity contribution in [1.29, 1.82) is 0 Å². The van der Waals surface area contributed by atoms with Crippen LogP contribution in [0.1, 0.15) is 72.9 Å². The number of benzene rings is 2. The van der Waals surface area contributed by atoms with Gasteiger partial charge in [-0.15, -0.1) is 0 Å². The molecule has 0 saturated heterocycles. The first-order valence-electron chi connectivity index (χ1n) is 13.0. The molecule has 0 heterocycles. The van der Waals surface area contributed by atoms with Crippen LogP contribution in [-0.2, 0) is 17.8 Å². The number of rotatable bonds is 18. The van der Waals surface area contributed by atoms with Gasteiger partial charge in [0.1, 0.15) is 5.75 Å². The molecule has 0 aliphatic rings. The quantitative estimate of drug-likeness (QED) is 0.155. The Morgan fingerprint density at radius 2 is 1.59 bits per heavy atom.